The van der Waals surface area contributed by atoms with Crippen LogP contribution in [0.3, 0.4) is 0 Å². The van der Waals surface area contributed by atoms with Crippen molar-refractivity contribution in [2.75, 3.05) is 5.75 Å². The molecule has 0 fully saturated rings. The molecule has 0 spiro atoms. The van der Waals surface area contributed by atoms with Crippen molar-refractivity contribution >= 4 is 39.2 Å². The van der Waals surface area contributed by atoms with E-state index in [1.807, 2.05) is 32.0 Å². The van der Waals surface area contributed by atoms with Crippen LogP contribution in [0.2, 0.25) is 0 Å². The lowest BCUT2D eigenvalue weighted by Gasteiger charge is -2.15. The van der Waals surface area contributed by atoms with Crippen LogP contribution in [0.25, 0.3) is 15.9 Å². The summed E-state index contributed by atoms with van der Waals surface area (Å²) < 4.78 is 6.95. The van der Waals surface area contributed by atoms with Gasteiger partial charge in [0.25, 0.3) is 5.56 Å². The number of hydrogen-bond acceptors (Lipinski definition) is 6. The first-order chi connectivity index (χ1) is 15.5. The van der Waals surface area contributed by atoms with Crippen LogP contribution in [0.15, 0.2) is 51.0 Å². The molecule has 0 radical (unpaired) electrons. The number of nitrogens with zero attached hydrogens (tertiary/aromatic N) is 2. The molecule has 1 amide bonds. The molecular formula is C24H23N3O3S2. The number of furan rings is 1. The smallest absolute Gasteiger partial charge is 0.267 e. The van der Waals surface area contributed by atoms with E-state index in [2.05, 4.69) is 11.4 Å². The molecule has 3 heterocycles. The Balaban J connectivity index is 1.52. The van der Waals surface area contributed by atoms with Crippen LogP contribution in [0.4, 0.5) is 0 Å². The van der Waals surface area contributed by atoms with E-state index in [0.29, 0.717) is 17.5 Å². The quantitative estimate of drug-likeness (QED) is 0.334. The second-order valence-electron chi connectivity index (χ2n) is 8.01. The maximum Gasteiger partial charge on any atom is 0.267 e. The Kier molecular flexibility index (Phi) is 5.65. The van der Waals surface area contributed by atoms with Crippen LogP contribution >= 0.6 is 23.1 Å². The number of aromatic nitrogens is 2. The van der Waals surface area contributed by atoms with Gasteiger partial charge in [-0.3, -0.25) is 14.2 Å². The molecule has 1 aliphatic carbocycles. The Bertz CT molecular complexity index is 1370. The van der Waals surface area contributed by atoms with E-state index in [0.717, 1.165) is 51.9 Å². The van der Waals surface area contributed by atoms with E-state index in [1.54, 1.807) is 28.2 Å². The molecule has 0 saturated carbocycles. The zero-order valence-corrected chi connectivity index (χ0v) is 19.6. The maximum atomic E-state index is 13.7. The van der Waals surface area contributed by atoms with Crippen molar-refractivity contribution in [1.29, 1.82) is 0 Å². The minimum absolute atomic E-state index is 0.0418. The van der Waals surface area contributed by atoms with Crippen molar-refractivity contribution in [1.82, 2.24) is 14.9 Å². The number of rotatable bonds is 6. The fourth-order valence-electron chi connectivity index (χ4n) is 4.17. The summed E-state index contributed by atoms with van der Waals surface area (Å²) in [5, 5.41) is 4.14. The molecule has 1 aliphatic rings. The van der Waals surface area contributed by atoms with E-state index in [9.17, 15) is 9.59 Å². The monoisotopic (exact) mass is 465 g/mol. The van der Waals surface area contributed by atoms with Gasteiger partial charge in [0, 0.05) is 4.88 Å². The van der Waals surface area contributed by atoms with Crippen LogP contribution in [0.1, 0.15) is 33.7 Å². The van der Waals surface area contributed by atoms with Gasteiger partial charge in [-0.15, -0.1) is 11.3 Å². The summed E-state index contributed by atoms with van der Waals surface area (Å²) in [5.41, 5.74) is 4.07. The summed E-state index contributed by atoms with van der Waals surface area (Å²) in [4.78, 5) is 33.1. The number of hydrogen-bond donors (Lipinski definition) is 1. The molecule has 0 bridgehead atoms. The van der Waals surface area contributed by atoms with E-state index in [1.165, 1.54) is 16.6 Å². The van der Waals surface area contributed by atoms with Gasteiger partial charge in [-0.05, 0) is 62.4 Å². The van der Waals surface area contributed by atoms with Gasteiger partial charge in [0.2, 0.25) is 5.91 Å². The number of thiophene rings is 1. The molecule has 1 aromatic carbocycles. The Morgan fingerprint density at radius 2 is 2.16 bits per heavy atom. The topological polar surface area (TPSA) is 77.1 Å². The maximum absolute atomic E-state index is 13.7. The summed E-state index contributed by atoms with van der Waals surface area (Å²) in [6.45, 7) is 4.37. The average molecular weight is 466 g/mol. The van der Waals surface area contributed by atoms with Crippen LogP contribution in [0, 0.1) is 13.8 Å². The summed E-state index contributed by atoms with van der Waals surface area (Å²) in [5.74, 6) is 0.721. The summed E-state index contributed by atoms with van der Waals surface area (Å²) in [6, 6.07) is 9.64. The van der Waals surface area contributed by atoms with Crippen molar-refractivity contribution in [3.05, 3.63) is 74.3 Å². The zero-order valence-electron chi connectivity index (χ0n) is 17.9. The lowest BCUT2D eigenvalue weighted by Crippen LogP contribution is -2.26. The molecule has 0 atom stereocenters. The number of fused-ring (bicyclic) bond motifs is 3. The molecule has 0 saturated heterocycles. The highest BCUT2D eigenvalue weighted by Gasteiger charge is 2.24. The predicted octanol–water partition coefficient (Wildman–Crippen LogP) is 4.55. The fourth-order valence-corrected chi connectivity index (χ4v) is 6.31. The van der Waals surface area contributed by atoms with Crippen LogP contribution in [-0.2, 0) is 24.2 Å². The molecule has 4 aromatic rings. The Labute approximate surface area is 193 Å². The van der Waals surface area contributed by atoms with Crippen molar-refractivity contribution in [2.24, 2.45) is 0 Å². The Hall–Kier alpha value is -2.84. The number of amides is 1. The first-order valence-corrected chi connectivity index (χ1v) is 12.4. The highest BCUT2D eigenvalue weighted by Crippen LogP contribution is 2.36. The van der Waals surface area contributed by atoms with Gasteiger partial charge in [-0.2, -0.15) is 0 Å². The van der Waals surface area contributed by atoms with E-state index in [-0.39, 0.29) is 17.2 Å². The number of carbonyl (C=O) groups excluding carboxylic acids is 1. The fraction of sp³-hybridized carbons (Fsp3) is 0.292. The molecule has 6 nitrogen and oxygen atoms in total. The molecule has 164 valence electrons. The number of thioether (sulfide) groups is 1. The largest absolute Gasteiger partial charge is 0.467 e. The van der Waals surface area contributed by atoms with Gasteiger partial charge in [-0.25, -0.2) is 4.98 Å². The molecule has 8 heteroatoms. The van der Waals surface area contributed by atoms with Gasteiger partial charge in [0.1, 0.15) is 10.6 Å². The molecule has 0 aliphatic heterocycles. The van der Waals surface area contributed by atoms with Gasteiger partial charge >= 0.3 is 0 Å². The van der Waals surface area contributed by atoms with Gasteiger partial charge in [-0.1, -0.05) is 29.5 Å². The van der Waals surface area contributed by atoms with Crippen molar-refractivity contribution in [3.8, 4) is 5.69 Å². The average Bonchev–Trinajstić information content (AvgIpc) is 3.49. The van der Waals surface area contributed by atoms with Crippen molar-refractivity contribution < 1.29 is 9.21 Å². The first kappa shape index (κ1) is 21.0. The number of benzene rings is 1. The molecule has 1 N–H and O–H groups in total. The second kappa shape index (κ2) is 8.60. The second-order valence-corrected chi connectivity index (χ2v) is 10.0. The van der Waals surface area contributed by atoms with Crippen molar-refractivity contribution in [3.63, 3.8) is 0 Å². The molecule has 5 rings (SSSR count). The van der Waals surface area contributed by atoms with E-state index in [4.69, 9.17) is 9.40 Å². The predicted molar refractivity (Wildman–Crippen MR) is 128 cm³/mol. The molecular weight excluding hydrogens is 442 g/mol. The summed E-state index contributed by atoms with van der Waals surface area (Å²) >= 11 is 2.90. The van der Waals surface area contributed by atoms with Crippen molar-refractivity contribution in [2.45, 2.75) is 44.8 Å². The minimum atomic E-state index is -0.137. The van der Waals surface area contributed by atoms with E-state index >= 15 is 0 Å². The summed E-state index contributed by atoms with van der Waals surface area (Å²) in [7, 11) is 0. The molecule has 3 aromatic heterocycles. The third kappa shape index (κ3) is 3.89. The summed E-state index contributed by atoms with van der Waals surface area (Å²) in [6.07, 6.45) is 4.61. The normalized spacial score (nSPS) is 12.9. The minimum Gasteiger partial charge on any atom is -0.467 e. The number of carbonyl (C=O) groups is 1. The van der Waals surface area contributed by atoms with Gasteiger partial charge < -0.3 is 9.73 Å². The van der Waals surface area contributed by atoms with E-state index < -0.39 is 0 Å². The Morgan fingerprint density at radius 1 is 1.28 bits per heavy atom. The van der Waals surface area contributed by atoms with Gasteiger partial charge in [0.05, 0.1) is 29.6 Å². The zero-order chi connectivity index (χ0) is 22.2. The molecule has 0 unspecified atom stereocenters. The van der Waals surface area contributed by atoms with Crippen LogP contribution in [0.5, 0.6) is 0 Å². The Morgan fingerprint density at radius 3 is 2.94 bits per heavy atom. The molecule has 32 heavy (non-hydrogen) atoms. The van der Waals surface area contributed by atoms with Crippen LogP contribution in [-0.4, -0.2) is 21.2 Å². The highest BCUT2D eigenvalue weighted by atomic mass is 32.2. The van der Waals surface area contributed by atoms with Gasteiger partial charge in [0.15, 0.2) is 5.16 Å². The third-order valence-corrected chi connectivity index (χ3v) is 7.80. The lowest BCUT2D eigenvalue weighted by atomic mass is 10.1. The third-order valence-electron chi connectivity index (χ3n) is 5.67. The highest BCUT2D eigenvalue weighted by molar-refractivity contribution is 7.99. The number of nitrogens with one attached hydrogen (secondary N) is 1. The SMILES string of the molecule is Cc1ccc(-n2c(SCC(=O)NCc3ccco3)nc3sc4c(c3c2=O)CCC4)c(C)c1. The standard InChI is InChI=1S/C24H23N3O3S2/c1-14-8-9-18(15(2)11-14)27-23(29)21-17-6-3-7-19(17)32-22(21)26-24(27)31-13-20(28)25-12-16-5-4-10-30-16/h4-5,8-11H,3,6-7,12-13H2,1-2H3,(H,25,28). The number of aryl methyl sites for hydroxylation is 4. The first-order valence-electron chi connectivity index (χ1n) is 10.6. The van der Waals surface area contributed by atoms with Crippen LogP contribution < -0.4 is 10.9 Å². The lowest BCUT2D eigenvalue weighted by molar-refractivity contribution is -0.118.